The average Bonchev–Trinajstić information content (AvgIpc) is 2.51. The SMILES string of the molecule is CCCCCCCCCCCCCCC=C(C)C(=O)ON(C)C. The van der Waals surface area contributed by atoms with Crippen LogP contribution in [-0.4, -0.2) is 25.1 Å². The topological polar surface area (TPSA) is 29.5 Å². The number of carbonyl (C=O) groups excluding carboxylic acids is 1. The van der Waals surface area contributed by atoms with Crippen LogP contribution in [0.4, 0.5) is 0 Å². The van der Waals surface area contributed by atoms with E-state index in [1.807, 2.05) is 13.0 Å². The van der Waals surface area contributed by atoms with E-state index in [9.17, 15) is 4.79 Å². The van der Waals surface area contributed by atoms with Crippen LogP contribution >= 0.6 is 0 Å². The molecular formula is C20H39NO2. The molecule has 0 aromatic rings. The molecule has 3 nitrogen and oxygen atoms in total. The van der Waals surface area contributed by atoms with Crippen molar-refractivity contribution in [3.63, 3.8) is 0 Å². The minimum Gasteiger partial charge on any atom is -0.365 e. The van der Waals surface area contributed by atoms with Gasteiger partial charge in [0, 0.05) is 19.7 Å². The first-order valence-electron chi connectivity index (χ1n) is 9.64. The first-order valence-corrected chi connectivity index (χ1v) is 9.64. The van der Waals surface area contributed by atoms with Gasteiger partial charge < -0.3 is 4.84 Å². The molecule has 0 aromatic heterocycles. The van der Waals surface area contributed by atoms with Crippen molar-refractivity contribution < 1.29 is 9.63 Å². The van der Waals surface area contributed by atoms with Crippen LogP contribution in [0.15, 0.2) is 11.6 Å². The van der Waals surface area contributed by atoms with Crippen molar-refractivity contribution in [2.45, 2.75) is 97.3 Å². The Labute approximate surface area is 144 Å². The van der Waals surface area contributed by atoms with Crippen molar-refractivity contribution in [2.75, 3.05) is 14.1 Å². The fourth-order valence-corrected chi connectivity index (χ4v) is 2.63. The molecule has 0 amide bonds. The summed E-state index contributed by atoms with van der Waals surface area (Å²) < 4.78 is 0. The number of rotatable bonds is 15. The van der Waals surface area contributed by atoms with Crippen LogP contribution in [0, 0.1) is 0 Å². The van der Waals surface area contributed by atoms with Gasteiger partial charge in [0.15, 0.2) is 0 Å². The zero-order valence-corrected chi connectivity index (χ0v) is 16.0. The molecule has 0 unspecified atom stereocenters. The Morgan fingerprint density at radius 2 is 1.26 bits per heavy atom. The maximum absolute atomic E-state index is 11.6. The Hall–Kier alpha value is -0.830. The van der Waals surface area contributed by atoms with Gasteiger partial charge in [0.25, 0.3) is 0 Å². The molecule has 0 N–H and O–H groups in total. The van der Waals surface area contributed by atoms with Crippen molar-refractivity contribution in [3.05, 3.63) is 11.6 Å². The van der Waals surface area contributed by atoms with Crippen molar-refractivity contribution in [2.24, 2.45) is 0 Å². The van der Waals surface area contributed by atoms with Crippen LogP contribution in [0.3, 0.4) is 0 Å². The fraction of sp³-hybridized carbons (Fsp3) is 0.850. The highest BCUT2D eigenvalue weighted by Crippen LogP contribution is 2.13. The van der Waals surface area contributed by atoms with Crippen LogP contribution in [0.5, 0.6) is 0 Å². The molecule has 0 saturated carbocycles. The Morgan fingerprint density at radius 3 is 1.70 bits per heavy atom. The second-order valence-corrected chi connectivity index (χ2v) is 6.76. The Bertz CT molecular complexity index is 311. The van der Waals surface area contributed by atoms with Gasteiger partial charge in [-0.15, -0.1) is 5.06 Å². The van der Waals surface area contributed by atoms with E-state index in [0.717, 1.165) is 6.42 Å². The van der Waals surface area contributed by atoms with E-state index in [-0.39, 0.29) is 5.97 Å². The molecule has 0 aromatic carbocycles. The quantitative estimate of drug-likeness (QED) is 0.209. The lowest BCUT2D eigenvalue weighted by molar-refractivity contribution is -0.172. The van der Waals surface area contributed by atoms with Gasteiger partial charge in [-0.2, -0.15) is 0 Å². The normalized spacial score (nSPS) is 12.0. The summed E-state index contributed by atoms with van der Waals surface area (Å²) in [5, 5.41) is 1.43. The molecule has 0 saturated heterocycles. The number of unbranched alkanes of at least 4 members (excludes halogenated alkanes) is 12. The molecule has 136 valence electrons. The monoisotopic (exact) mass is 325 g/mol. The third kappa shape index (κ3) is 15.8. The summed E-state index contributed by atoms with van der Waals surface area (Å²) in [5.74, 6) is -0.242. The number of hydroxylamine groups is 2. The van der Waals surface area contributed by atoms with Crippen LogP contribution in [0.1, 0.15) is 97.3 Å². The zero-order valence-electron chi connectivity index (χ0n) is 16.0. The Balaban J connectivity index is 3.34. The minimum absolute atomic E-state index is 0.242. The smallest absolute Gasteiger partial charge is 0.352 e. The maximum Gasteiger partial charge on any atom is 0.352 e. The molecule has 0 fully saturated rings. The molecule has 0 heterocycles. The van der Waals surface area contributed by atoms with Crippen molar-refractivity contribution >= 4 is 5.97 Å². The van der Waals surface area contributed by atoms with Gasteiger partial charge in [0.1, 0.15) is 0 Å². The lowest BCUT2D eigenvalue weighted by atomic mass is 10.0. The molecule has 0 bridgehead atoms. The van der Waals surface area contributed by atoms with E-state index in [4.69, 9.17) is 4.84 Å². The van der Waals surface area contributed by atoms with E-state index in [0.29, 0.717) is 5.57 Å². The summed E-state index contributed by atoms with van der Waals surface area (Å²) in [6.07, 6.45) is 19.3. The molecule has 23 heavy (non-hydrogen) atoms. The molecule has 0 aliphatic heterocycles. The molecule has 3 heteroatoms. The summed E-state index contributed by atoms with van der Waals surface area (Å²) in [6, 6.07) is 0. The van der Waals surface area contributed by atoms with Crippen LogP contribution in [0.25, 0.3) is 0 Å². The second kappa shape index (κ2) is 16.0. The minimum atomic E-state index is -0.242. The second-order valence-electron chi connectivity index (χ2n) is 6.76. The molecule has 0 radical (unpaired) electrons. The Kier molecular flexibility index (Phi) is 15.5. The third-order valence-corrected chi connectivity index (χ3v) is 4.10. The molecular weight excluding hydrogens is 286 g/mol. The maximum atomic E-state index is 11.6. The molecule has 0 spiro atoms. The fourth-order valence-electron chi connectivity index (χ4n) is 2.63. The van der Waals surface area contributed by atoms with Gasteiger partial charge in [0.2, 0.25) is 0 Å². The highest BCUT2D eigenvalue weighted by Gasteiger charge is 2.06. The van der Waals surface area contributed by atoms with E-state index in [1.54, 1.807) is 14.1 Å². The average molecular weight is 326 g/mol. The van der Waals surface area contributed by atoms with Gasteiger partial charge in [0.05, 0.1) is 0 Å². The number of hydrogen-bond acceptors (Lipinski definition) is 3. The molecule has 0 rings (SSSR count). The first kappa shape index (κ1) is 22.2. The van der Waals surface area contributed by atoms with Crippen LogP contribution in [0.2, 0.25) is 0 Å². The Morgan fingerprint density at radius 1 is 0.826 bits per heavy atom. The van der Waals surface area contributed by atoms with E-state index >= 15 is 0 Å². The van der Waals surface area contributed by atoms with Gasteiger partial charge in [-0.25, -0.2) is 4.79 Å². The summed E-state index contributed by atoms with van der Waals surface area (Å²) in [6.45, 7) is 4.10. The highest BCUT2D eigenvalue weighted by atomic mass is 16.7. The van der Waals surface area contributed by atoms with Crippen LogP contribution in [-0.2, 0) is 9.63 Å². The van der Waals surface area contributed by atoms with Crippen LogP contribution < -0.4 is 0 Å². The van der Waals surface area contributed by atoms with E-state index in [1.165, 1.54) is 82.1 Å². The predicted octanol–water partition coefficient (Wildman–Crippen LogP) is 6.04. The molecule has 0 atom stereocenters. The van der Waals surface area contributed by atoms with Gasteiger partial charge in [-0.3, -0.25) is 0 Å². The number of carbonyl (C=O) groups is 1. The van der Waals surface area contributed by atoms with Crippen molar-refractivity contribution in [1.82, 2.24) is 5.06 Å². The van der Waals surface area contributed by atoms with E-state index < -0.39 is 0 Å². The van der Waals surface area contributed by atoms with E-state index in [2.05, 4.69) is 6.92 Å². The first-order chi connectivity index (χ1) is 11.1. The van der Waals surface area contributed by atoms with Crippen molar-refractivity contribution in [1.29, 1.82) is 0 Å². The summed E-state index contributed by atoms with van der Waals surface area (Å²) in [7, 11) is 3.44. The largest absolute Gasteiger partial charge is 0.365 e. The number of hydrogen-bond donors (Lipinski definition) is 0. The highest BCUT2D eigenvalue weighted by molar-refractivity contribution is 5.87. The zero-order chi connectivity index (χ0) is 17.3. The number of nitrogens with zero attached hydrogens (tertiary/aromatic N) is 1. The lowest BCUT2D eigenvalue weighted by Crippen LogP contribution is -2.19. The van der Waals surface area contributed by atoms with Gasteiger partial charge >= 0.3 is 5.97 Å². The number of allylic oxidation sites excluding steroid dienone is 1. The summed E-state index contributed by atoms with van der Waals surface area (Å²) >= 11 is 0. The standard InChI is InChI=1S/C20H39NO2/c1-5-6-7-8-9-10-11-12-13-14-15-16-17-18-19(2)20(22)23-21(3)4/h18H,5-17H2,1-4H3. The van der Waals surface area contributed by atoms with Gasteiger partial charge in [-0.1, -0.05) is 83.6 Å². The lowest BCUT2D eigenvalue weighted by Gasteiger charge is -2.09. The summed E-state index contributed by atoms with van der Waals surface area (Å²) in [5.41, 5.74) is 0.710. The van der Waals surface area contributed by atoms with Gasteiger partial charge in [-0.05, 0) is 19.8 Å². The predicted molar refractivity (Wildman–Crippen MR) is 99.2 cm³/mol. The molecule has 0 aliphatic rings. The summed E-state index contributed by atoms with van der Waals surface area (Å²) in [4.78, 5) is 16.6. The van der Waals surface area contributed by atoms with Crippen molar-refractivity contribution in [3.8, 4) is 0 Å². The molecule has 0 aliphatic carbocycles. The third-order valence-electron chi connectivity index (χ3n) is 4.10.